The summed E-state index contributed by atoms with van der Waals surface area (Å²) in [5.74, 6) is -1.58. The zero-order valence-corrected chi connectivity index (χ0v) is 13.5. The summed E-state index contributed by atoms with van der Waals surface area (Å²) in [5.41, 5.74) is -2.31. The number of anilines is 1. The fraction of sp³-hybridized carbons (Fsp3) is 0.133. The lowest BCUT2D eigenvalue weighted by molar-refractivity contribution is -0.422. The Balaban J connectivity index is 2.43. The summed E-state index contributed by atoms with van der Waals surface area (Å²) in [6.07, 6.45) is -4.99. The van der Waals surface area contributed by atoms with Crippen LogP contribution in [-0.4, -0.2) is 29.2 Å². The number of nitro benzene ring substituents is 2. The summed E-state index contributed by atoms with van der Waals surface area (Å²) >= 11 is 0. The quantitative estimate of drug-likeness (QED) is 0.573. The van der Waals surface area contributed by atoms with E-state index >= 15 is 0 Å². The first-order valence-corrected chi connectivity index (χ1v) is 7.07. The van der Waals surface area contributed by atoms with Crippen LogP contribution in [0.1, 0.15) is 10.4 Å². The highest BCUT2D eigenvalue weighted by atomic mass is 19.4. The summed E-state index contributed by atoms with van der Waals surface area (Å²) in [5, 5.41) is 21.8. The molecule has 9 nitrogen and oxygen atoms in total. The third kappa shape index (κ3) is 4.48. The van der Waals surface area contributed by atoms with Crippen molar-refractivity contribution >= 4 is 23.0 Å². The second-order valence-electron chi connectivity index (χ2n) is 5.10. The lowest BCUT2D eigenvalue weighted by Crippen LogP contribution is -2.28. The number of amides is 1. The molecule has 2 aromatic carbocycles. The molecule has 0 aliphatic carbocycles. The number of carbonyl (C=O) groups excluding carboxylic acids is 1. The van der Waals surface area contributed by atoms with Crippen LogP contribution in [0.15, 0.2) is 42.5 Å². The number of carbonyl (C=O) groups is 1. The number of alkyl halides is 3. The molecule has 0 spiro atoms. The van der Waals surface area contributed by atoms with E-state index in [9.17, 15) is 38.2 Å². The molecule has 2 aromatic rings. The van der Waals surface area contributed by atoms with Gasteiger partial charge in [-0.1, -0.05) is 12.1 Å². The molecule has 0 saturated carbocycles. The molecule has 12 heteroatoms. The molecular formula is C15H10F3N3O6. The van der Waals surface area contributed by atoms with Gasteiger partial charge in [0.05, 0.1) is 15.5 Å². The Morgan fingerprint density at radius 3 is 2.19 bits per heavy atom. The fourth-order valence-electron chi connectivity index (χ4n) is 2.21. The first kappa shape index (κ1) is 19.6. The highest BCUT2D eigenvalue weighted by molar-refractivity contribution is 6.07. The van der Waals surface area contributed by atoms with Crippen molar-refractivity contribution in [2.45, 2.75) is 6.36 Å². The smallest absolute Gasteiger partial charge is 0.404 e. The third-order valence-corrected chi connectivity index (χ3v) is 3.37. The Labute approximate surface area is 148 Å². The molecule has 0 N–H and O–H groups in total. The number of hydrogen-bond acceptors (Lipinski definition) is 6. The first-order chi connectivity index (χ1) is 12.5. The van der Waals surface area contributed by atoms with Crippen LogP contribution < -0.4 is 9.64 Å². The van der Waals surface area contributed by atoms with Crippen LogP contribution in [0.5, 0.6) is 5.75 Å². The van der Waals surface area contributed by atoms with E-state index in [0.717, 1.165) is 30.1 Å². The second-order valence-corrected chi connectivity index (χ2v) is 5.10. The average molecular weight is 385 g/mol. The molecule has 0 heterocycles. The SMILES string of the molecule is CN(C(=O)c1ccc([N+](=O)[O-])c([N+](=O)[O-])c1)c1ccccc1OC(F)(F)F. The summed E-state index contributed by atoms with van der Waals surface area (Å²) in [6, 6.07) is 7.22. The molecule has 0 saturated heterocycles. The molecule has 1 amide bonds. The molecular weight excluding hydrogens is 375 g/mol. The van der Waals surface area contributed by atoms with Gasteiger partial charge in [0.2, 0.25) is 0 Å². The van der Waals surface area contributed by atoms with E-state index in [1.807, 2.05) is 0 Å². The Hall–Kier alpha value is -3.70. The van der Waals surface area contributed by atoms with Crippen molar-refractivity contribution in [2.75, 3.05) is 11.9 Å². The number of halogens is 3. The molecule has 0 bridgehead atoms. The maximum atomic E-state index is 12.5. The first-order valence-electron chi connectivity index (χ1n) is 7.07. The van der Waals surface area contributed by atoms with Crippen LogP contribution in [0.3, 0.4) is 0 Å². The maximum Gasteiger partial charge on any atom is 0.573 e. The van der Waals surface area contributed by atoms with Crippen molar-refractivity contribution < 1.29 is 32.5 Å². The molecule has 0 fully saturated rings. The van der Waals surface area contributed by atoms with E-state index in [1.54, 1.807) is 0 Å². The van der Waals surface area contributed by atoms with Gasteiger partial charge in [0.15, 0.2) is 5.75 Å². The third-order valence-electron chi connectivity index (χ3n) is 3.37. The van der Waals surface area contributed by atoms with Gasteiger partial charge in [0.25, 0.3) is 5.91 Å². The highest BCUT2D eigenvalue weighted by Gasteiger charge is 2.33. The van der Waals surface area contributed by atoms with E-state index in [1.165, 1.54) is 18.2 Å². The number of para-hydroxylation sites is 2. The average Bonchev–Trinajstić information content (AvgIpc) is 2.59. The molecule has 0 atom stereocenters. The van der Waals surface area contributed by atoms with Gasteiger partial charge in [-0.15, -0.1) is 13.2 Å². The molecule has 0 radical (unpaired) electrons. The van der Waals surface area contributed by atoms with Crippen LogP contribution >= 0.6 is 0 Å². The number of hydrogen-bond donors (Lipinski definition) is 0. The van der Waals surface area contributed by atoms with Crippen LogP contribution in [0.4, 0.5) is 30.2 Å². The van der Waals surface area contributed by atoms with Crippen LogP contribution in [0, 0.1) is 20.2 Å². The van der Waals surface area contributed by atoms with Gasteiger partial charge in [-0.2, -0.15) is 0 Å². The monoisotopic (exact) mass is 385 g/mol. The van der Waals surface area contributed by atoms with E-state index < -0.39 is 39.2 Å². The Morgan fingerprint density at radius 2 is 1.63 bits per heavy atom. The number of nitrogens with zero attached hydrogens (tertiary/aromatic N) is 3. The molecule has 27 heavy (non-hydrogen) atoms. The summed E-state index contributed by atoms with van der Waals surface area (Å²) in [6.45, 7) is 0. The van der Waals surface area contributed by atoms with E-state index in [0.29, 0.717) is 6.07 Å². The lowest BCUT2D eigenvalue weighted by Gasteiger charge is -2.21. The topological polar surface area (TPSA) is 116 Å². The minimum Gasteiger partial charge on any atom is -0.404 e. The largest absolute Gasteiger partial charge is 0.573 e. The normalized spacial score (nSPS) is 11.0. The second kappa shape index (κ2) is 7.27. The molecule has 0 aliphatic heterocycles. The van der Waals surface area contributed by atoms with Crippen molar-refractivity contribution in [3.63, 3.8) is 0 Å². The van der Waals surface area contributed by atoms with Crippen LogP contribution in [-0.2, 0) is 0 Å². The van der Waals surface area contributed by atoms with Gasteiger partial charge in [-0.25, -0.2) is 0 Å². The van der Waals surface area contributed by atoms with Gasteiger partial charge in [-0.3, -0.25) is 25.0 Å². The van der Waals surface area contributed by atoms with Crippen molar-refractivity contribution in [3.05, 3.63) is 68.3 Å². The van der Waals surface area contributed by atoms with Crippen LogP contribution in [0.2, 0.25) is 0 Å². The predicted molar refractivity (Wildman–Crippen MR) is 85.6 cm³/mol. The van der Waals surface area contributed by atoms with Gasteiger partial charge < -0.3 is 9.64 Å². The van der Waals surface area contributed by atoms with Crippen molar-refractivity contribution in [3.8, 4) is 5.75 Å². The standard InChI is InChI=1S/C15H10F3N3O6/c1-19(11-4-2-3-5-13(11)27-15(16,17)18)14(22)9-6-7-10(20(23)24)12(8-9)21(25)26/h2-8H,1H3. The minimum atomic E-state index is -4.99. The zero-order chi connectivity index (χ0) is 20.4. The highest BCUT2D eigenvalue weighted by Crippen LogP contribution is 2.34. The van der Waals surface area contributed by atoms with Gasteiger partial charge in [0.1, 0.15) is 0 Å². The fourth-order valence-corrected chi connectivity index (χ4v) is 2.21. The maximum absolute atomic E-state index is 12.5. The Morgan fingerprint density at radius 1 is 1.04 bits per heavy atom. The summed E-state index contributed by atoms with van der Waals surface area (Å²) in [4.78, 5) is 33.1. The number of benzene rings is 2. The Kier molecular flexibility index (Phi) is 5.28. The van der Waals surface area contributed by atoms with Crippen molar-refractivity contribution in [2.24, 2.45) is 0 Å². The van der Waals surface area contributed by atoms with E-state index in [4.69, 9.17) is 0 Å². The summed E-state index contributed by atoms with van der Waals surface area (Å²) in [7, 11) is 1.13. The number of nitro groups is 2. The number of ether oxygens (including phenoxy) is 1. The van der Waals surface area contributed by atoms with Crippen molar-refractivity contribution in [1.82, 2.24) is 0 Å². The molecule has 2 rings (SSSR count). The minimum absolute atomic E-state index is 0.249. The molecule has 142 valence electrons. The molecule has 0 unspecified atom stereocenters. The molecule has 0 aromatic heterocycles. The van der Waals surface area contributed by atoms with E-state index in [-0.39, 0.29) is 11.3 Å². The molecule has 0 aliphatic rings. The van der Waals surface area contributed by atoms with Gasteiger partial charge in [-0.05, 0) is 18.2 Å². The zero-order valence-electron chi connectivity index (χ0n) is 13.5. The Bertz CT molecular complexity index is 916. The van der Waals surface area contributed by atoms with Crippen molar-refractivity contribution in [1.29, 1.82) is 0 Å². The van der Waals surface area contributed by atoms with E-state index in [2.05, 4.69) is 4.74 Å². The van der Waals surface area contributed by atoms with Crippen LogP contribution in [0.25, 0.3) is 0 Å². The lowest BCUT2D eigenvalue weighted by atomic mass is 10.1. The number of rotatable bonds is 5. The van der Waals surface area contributed by atoms with Gasteiger partial charge >= 0.3 is 17.7 Å². The predicted octanol–water partition coefficient (Wildman–Crippen LogP) is 3.68. The van der Waals surface area contributed by atoms with Gasteiger partial charge in [0, 0.05) is 24.7 Å². The summed E-state index contributed by atoms with van der Waals surface area (Å²) < 4.78 is 41.4.